The molecular formula is C12H24N2. The van der Waals surface area contributed by atoms with Gasteiger partial charge < -0.3 is 5.32 Å². The summed E-state index contributed by atoms with van der Waals surface area (Å²) in [6, 6.07) is 1.81. The molecule has 0 bridgehead atoms. The van der Waals surface area contributed by atoms with Gasteiger partial charge in [-0.3, -0.25) is 4.90 Å². The Morgan fingerprint density at radius 1 is 1.29 bits per heavy atom. The van der Waals surface area contributed by atoms with Gasteiger partial charge in [-0.25, -0.2) is 0 Å². The van der Waals surface area contributed by atoms with Crippen LogP contribution in [0.1, 0.15) is 39.0 Å². The Hall–Kier alpha value is -0.0800. The molecule has 0 spiro atoms. The van der Waals surface area contributed by atoms with Gasteiger partial charge in [0.05, 0.1) is 0 Å². The van der Waals surface area contributed by atoms with E-state index in [1.165, 1.54) is 45.2 Å². The van der Waals surface area contributed by atoms with Crippen LogP contribution in [0.25, 0.3) is 0 Å². The second kappa shape index (κ2) is 4.63. The van der Waals surface area contributed by atoms with Crippen LogP contribution in [0, 0.1) is 5.92 Å². The Bertz CT molecular complexity index is 181. The molecule has 0 amide bonds. The highest BCUT2D eigenvalue weighted by atomic mass is 15.2. The Balaban J connectivity index is 1.87. The predicted molar refractivity (Wildman–Crippen MR) is 60.5 cm³/mol. The second-order valence-electron chi connectivity index (χ2n) is 4.90. The number of hydrogen-bond acceptors (Lipinski definition) is 2. The van der Waals surface area contributed by atoms with E-state index in [2.05, 4.69) is 24.2 Å². The zero-order valence-electron chi connectivity index (χ0n) is 9.63. The standard InChI is InChI=1S/C12H24N2/c1-3-11-5-4-8-14(11)12-7-6-10(12)9-13-2/h10-13H,3-9H2,1-2H3. The Morgan fingerprint density at radius 3 is 2.71 bits per heavy atom. The summed E-state index contributed by atoms with van der Waals surface area (Å²) in [5.74, 6) is 0.937. The maximum Gasteiger partial charge on any atom is 0.0139 e. The lowest BCUT2D eigenvalue weighted by molar-refractivity contribution is 0.0515. The minimum Gasteiger partial charge on any atom is -0.319 e. The molecule has 2 heteroatoms. The molecule has 0 aromatic heterocycles. The molecule has 1 N–H and O–H groups in total. The van der Waals surface area contributed by atoms with Crippen molar-refractivity contribution >= 4 is 0 Å². The second-order valence-corrected chi connectivity index (χ2v) is 4.90. The molecule has 2 rings (SSSR count). The van der Waals surface area contributed by atoms with Crippen molar-refractivity contribution in [3.05, 3.63) is 0 Å². The van der Waals surface area contributed by atoms with Crippen LogP contribution in [0.4, 0.5) is 0 Å². The summed E-state index contributed by atoms with van der Waals surface area (Å²) in [4.78, 5) is 2.80. The van der Waals surface area contributed by atoms with Gasteiger partial charge in [0.25, 0.3) is 0 Å². The van der Waals surface area contributed by atoms with Crippen molar-refractivity contribution in [3.63, 3.8) is 0 Å². The van der Waals surface area contributed by atoms with E-state index in [0.717, 1.165) is 18.0 Å². The van der Waals surface area contributed by atoms with Crippen LogP contribution in [0.3, 0.4) is 0 Å². The normalized spacial score (nSPS) is 38.6. The SMILES string of the molecule is CCC1CCCN1C1CCC1CNC. The summed E-state index contributed by atoms with van der Waals surface area (Å²) in [6.45, 7) is 4.93. The van der Waals surface area contributed by atoms with Gasteiger partial charge in [0.15, 0.2) is 0 Å². The first-order chi connectivity index (χ1) is 6.86. The molecule has 1 saturated carbocycles. The fraction of sp³-hybridized carbons (Fsp3) is 1.00. The maximum atomic E-state index is 3.33. The number of hydrogen-bond donors (Lipinski definition) is 1. The zero-order chi connectivity index (χ0) is 9.97. The molecule has 2 fully saturated rings. The topological polar surface area (TPSA) is 15.3 Å². The summed E-state index contributed by atoms with van der Waals surface area (Å²) < 4.78 is 0. The summed E-state index contributed by atoms with van der Waals surface area (Å²) in [6.07, 6.45) is 7.12. The van der Waals surface area contributed by atoms with Crippen LogP contribution in [0.2, 0.25) is 0 Å². The van der Waals surface area contributed by atoms with Crippen LogP contribution < -0.4 is 5.32 Å². The van der Waals surface area contributed by atoms with Gasteiger partial charge in [0.2, 0.25) is 0 Å². The molecule has 1 heterocycles. The zero-order valence-corrected chi connectivity index (χ0v) is 9.63. The van der Waals surface area contributed by atoms with E-state index in [0.29, 0.717) is 0 Å². The van der Waals surface area contributed by atoms with E-state index in [1.54, 1.807) is 0 Å². The first kappa shape index (κ1) is 10.4. The molecule has 1 saturated heterocycles. The maximum absolute atomic E-state index is 3.33. The van der Waals surface area contributed by atoms with Gasteiger partial charge in [-0.1, -0.05) is 6.92 Å². The largest absolute Gasteiger partial charge is 0.319 e. The molecule has 2 nitrogen and oxygen atoms in total. The van der Waals surface area contributed by atoms with Crippen LogP contribution in [0.15, 0.2) is 0 Å². The van der Waals surface area contributed by atoms with E-state index in [9.17, 15) is 0 Å². The highest BCUT2D eigenvalue weighted by Crippen LogP contribution is 2.36. The summed E-state index contributed by atoms with van der Waals surface area (Å²) in [5.41, 5.74) is 0. The molecule has 0 aromatic rings. The number of nitrogens with one attached hydrogen (secondary N) is 1. The minimum atomic E-state index is 0.902. The fourth-order valence-electron chi connectivity index (χ4n) is 3.22. The number of likely N-dealkylation sites (tertiary alicyclic amines) is 1. The third-order valence-electron chi connectivity index (χ3n) is 4.16. The minimum absolute atomic E-state index is 0.902. The molecule has 82 valence electrons. The van der Waals surface area contributed by atoms with Crippen LogP contribution in [-0.4, -0.2) is 37.1 Å². The molecular weight excluding hydrogens is 172 g/mol. The van der Waals surface area contributed by atoms with Crippen molar-refractivity contribution in [2.45, 2.75) is 51.1 Å². The monoisotopic (exact) mass is 196 g/mol. The highest BCUT2D eigenvalue weighted by Gasteiger charge is 2.39. The van der Waals surface area contributed by atoms with Gasteiger partial charge in [-0.2, -0.15) is 0 Å². The Kier molecular flexibility index (Phi) is 3.45. The van der Waals surface area contributed by atoms with E-state index >= 15 is 0 Å². The van der Waals surface area contributed by atoms with Crippen molar-refractivity contribution in [2.24, 2.45) is 5.92 Å². The molecule has 3 unspecified atom stereocenters. The quantitative estimate of drug-likeness (QED) is 0.738. The van der Waals surface area contributed by atoms with Gasteiger partial charge in [0.1, 0.15) is 0 Å². The van der Waals surface area contributed by atoms with Gasteiger partial charge in [-0.15, -0.1) is 0 Å². The molecule has 14 heavy (non-hydrogen) atoms. The smallest absolute Gasteiger partial charge is 0.0139 e. The molecule has 1 aliphatic heterocycles. The van der Waals surface area contributed by atoms with E-state index in [-0.39, 0.29) is 0 Å². The number of rotatable bonds is 4. The highest BCUT2D eigenvalue weighted by molar-refractivity contribution is 4.94. The summed E-state index contributed by atoms with van der Waals surface area (Å²) in [5, 5.41) is 3.33. The lowest BCUT2D eigenvalue weighted by Crippen LogP contribution is -2.51. The Labute approximate surface area is 88.1 Å². The average molecular weight is 196 g/mol. The van der Waals surface area contributed by atoms with Crippen LogP contribution in [-0.2, 0) is 0 Å². The van der Waals surface area contributed by atoms with Crippen LogP contribution in [0.5, 0.6) is 0 Å². The molecule has 2 aliphatic rings. The summed E-state index contributed by atoms with van der Waals surface area (Å²) >= 11 is 0. The van der Waals surface area contributed by atoms with Crippen molar-refractivity contribution < 1.29 is 0 Å². The van der Waals surface area contributed by atoms with Gasteiger partial charge in [0, 0.05) is 12.1 Å². The first-order valence-corrected chi connectivity index (χ1v) is 6.27. The lowest BCUT2D eigenvalue weighted by Gasteiger charge is -2.45. The number of nitrogens with zero attached hydrogens (tertiary/aromatic N) is 1. The lowest BCUT2D eigenvalue weighted by atomic mass is 9.78. The van der Waals surface area contributed by atoms with Gasteiger partial charge in [-0.05, 0) is 58.2 Å². The molecule has 0 radical (unpaired) electrons. The van der Waals surface area contributed by atoms with Crippen LogP contribution >= 0.6 is 0 Å². The van der Waals surface area contributed by atoms with E-state index in [1.807, 2.05) is 0 Å². The molecule has 1 aliphatic carbocycles. The average Bonchev–Trinajstić information content (AvgIpc) is 2.60. The Morgan fingerprint density at radius 2 is 2.14 bits per heavy atom. The van der Waals surface area contributed by atoms with Crippen molar-refractivity contribution in [2.75, 3.05) is 20.1 Å². The van der Waals surface area contributed by atoms with E-state index in [4.69, 9.17) is 0 Å². The van der Waals surface area contributed by atoms with Gasteiger partial charge >= 0.3 is 0 Å². The third-order valence-corrected chi connectivity index (χ3v) is 4.16. The first-order valence-electron chi connectivity index (χ1n) is 6.27. The molecule has 3 atom stereocenters. The summed E-state index contributed by atoms with van der Waals surface area (Å²) in [7, 11) is 2.08. The predicted octanol–water partition coefficient (Wildman–Crippen LogP) is 1.86. The fourth-order valence-corrected chi connectivity index (χ4v) is 3.22. The molecule has 0 aromatic carbocycles. The van der Waals surface area contributed by atoms with Crippen molar-refractivity contribution in [3.8, 4) is 0 Å². The van der Waals surface area contributed by atoms with E-state index < -0.39 is 0 Å². The van der Waals surface area contributed by atoms with Crippen molar-refractivity contribution in [1.82, 2.24) is 10.2 Å². The third kappa shape index (κ3) is 1.82. The van der Waals surface area contributed by atoms with Crippen molar-refractivity contribution in [1.29, 1.82) is 0 Å².